The standard InChI is InChI=1S/C24H30N6O2/c1-4-17-12-29-10-16(9-22(29)27-23(17)31)11-30-18-5-6-19(30)14-28(13-18)21-8-7-20(24(32)25-3)26-15(21)2/h7-10,12,18-19H,4-6,11,13-14H2,1-3H3,(H,25,32)(H,27,31). The maximum absolute atomic E-state index is 12.1. The number of aromatic amines is 1. The minimum atomic E-state index is -0.156. The van der Waals surface area contributed by atoms with E-state index in [-0.39, 0.29) is 11.5 Å². The molecule has 2 atom stereocenters. The number of aryl methyl sites for hydroxylation is 2. The lowest BCUT2D eigenvalue weighted by Crippen LogP contribution is -2.53. The number of fused-ring (bicyclic) bond motifs is 3. The summed E-state index contributed by atoms with van der Waals surface area (Å²) in [4.78, 5) is 36.6. The average Bonchev–Trinajstić information content (AvgIpc) is 3.27. The summed E-state index contributed by atoms with van der Waals surface area (Å²) in [6.07, 6.45) is 7.19. The molecule has 2 bridgehead atoms. The van der Waals surface area contributed by atoms with Gasteiger partial charge in [0.15, 0.2) is 0 Å². The third kappa shape index (κ3) is 3.58. The molecule has 2 N–H and O–H groups in total. The highest BCUT2D eigenvalue weighted by Crippen LogP contribution is 2.34. The van der Waals surface area contributed by atoms with E-state index in [1.807, 2.05) is 36.6 Å². The van der Waals surface area contributed by atoms with Crippen LogP contribution in [0.3, 0.4) is 0 Å². The van der Waals surface area contributed by atoms with E-state index < -0.39 is 0 Å². The zero-order valence-corrected chi connectivity index (χ0v) is 18.9. The van der Waals surface area contributed by atoms with Gasteiger partial charge in [-0.1, -0.05) is 6.92 Å². The van der Waals surface area contributed by atoms with Crippen LogP contribution < -0.4 is 15.8 Å². The highest BCUT2D eigenvalue weighted by atomic mass is 16.1. The van der Waals surface area contributed by atoms with Crippen molar-refractivity contribution in [1.82, 2.24) is 24.6 Å². The van der Waals surface area contributed by atoms with Crippen molar-refractivity contribution in [2.75, 3.05) is 25.0 Å². The summed E-state index contributed by atoms with van der Waals surface area (Å²) in [5.74, 6) is -0.156. The molecule has 0 aromatic carbocycles. The molecular formula is C24H30N6O2. The Morgan fingerprint density at radius 1 is 1.22 bits per heavy atom. The summed E-state index contributed by atoms with van der Waals surface area (Å²) < 4.78 is 2.04. The van der Waals surface area contributed by atoms with Crippen LogP contribution in [0.25, 0.3) is 5.65 Å². The van der Waals surface area contributed by atoms with Crippen LogP contribution in [0.15, 0.2) is 35.4 Å². The van der Waals surface area contributed by atoms with E-state index in [0.717, 1.165) is 48.6 Å². The fraction of sp³-hybridized carbons (Fsp3) is 0.458. The molecular weight excluding hydrogens is 404 g/mol. The molecule has 8 heteroatoms. The molecule has 0 spiro atoms. The molecule has 2 aliphatic heterocycles. The van der Waals surface area contributed by atoms with Gasteiger partial charge in [0, 0.05) is 56.7 Å². The first kappa shape index (κ1) is 20.8. The van der Waals surface area contributed by atoms with Crippen molar-refractivity contribution in [3.8, 4) is 0 Å². The molecule has 2 unspecified atom stereocenters. The lowest BCUT2D eigenvalue weighted by molar-refractivity contribution is 0.0958. The lowest BCUT2D eigenvalue weighted by Gasteiger charge is -2.42. The molecule has 0 radical (unpaired) electrons. The third-order valence-corrected chi connectivity index (χ3v) is 6.97. The van der Waals surface area contributed by atoms with Gasteiger partial charge in [-0.2, -0.15) is 0 Å². The number of carbonyl (C=O) groups is 1. The monoisotopic (exact) mass is 434 g/mol. The van der Waals surface area contributed by atoms with E-state index in [9.17, 15) is 9.59 Å². The number of aromatic nitrogens is 3. The molecule has 3 aromatic rings. The number of amides is 1. The first-order chi connectivity index (χ1) is 15.5. The zero-order valence-electron chi connectivity index (χ0n) is 18.9. The molecule has 2 saturated heterocycles. The summed E-state index contributed by atoms with van der Waals surface area (Å²) >= 11 is 0. The van der Waals surface area contributed by atoms with Crippen molar-refractivity contribution in [3.63, 3.8) is 0 Å². The molecule has 0 aliphatic carbocycles. The van der Waals surface area contributed by atoms with Crippen LogP contribution >= 0.6 is 0 Å². The molecule has 2 aliphatic rings. The normalized spacial score (nSPS) is 20.8. The van der Waals surface area contributed by atoms with Gasteiger partial charge in [0.2, 0.25) is 0 Å². The first-order valence-corrected chi connectivity index (χ1v) is 11.4. The van der Waals surface area contributed by atoms with Crippen molar-refractivity contribution < 1.29 is 4.79 Å². The number of anilines is 1. The Bertz CT molecular complexity index is 1210. The van der Waals surface area contributed by atoms with E-state index in [0.29, 0.717) is 17.8 Å². The first-order valence-electron chi connectivity index (χ1n) is 11.4. The molecule has 32 heavy (non-hydrogen) atoms. The Kier molecular flexibility index (Phi) is 5.25. The van der Waals surface area contributed by atoms with Crippen LogP contribution in [0, 0.1) is 6.92 Å². The molecule has 8 nitrogen and oxygen atoms in total. The second-order valence-corrected chi connectivity index (χ2v) is 8.95. The van der Waals surface area contributed by atoms with Crippen molar-refractivity contribution in [3.05, 3.63) is 63.5 Å². The fourth-order valence-electron chi connectivity index (χ4n) is 5.30. The predicted molar refractivity (Wildman–Crippen MR) is 124 cm³/mol. The number of carbonyl (C=O) groups excluding carboxylic acids is 1. The van der Waals surface area contributed by atoms with Crippen molar-refractivity contribution in [1.29, 1.82) is 0 Å². The van der Waals surface area contributed by atoms with Crippen LogP contribution in [0.1, 0.15) is 47.1 Å². The number of hydrogen-bond acceptors (Lipinski definition) is 5. The van der Waals surface area contributed by atoms with E-state index in [1.165, 1.54) is 18.4 Å². The molecule has 3 aromatic heterocycles. The number of pyridine rings is 1. The highest BCUT2D eigenvalue weighted by molar-refractivity contribution is 5.92. The van der Waals surface area contributed by atoms with Gasteiger partial charge in [-0.25, -0.2) is 4.98 Å². The van der Waals surface area contributed by atoms with Gasteiger partial charge in [0.1, 0.15) is 11.3 Å². The van der Waals surface area contributed by atoms with Crippen LogP contribution in [0.2, 0.25) is 0 Å². The maximum atomic E-state index is 12.1. The van der Waals surface area contributed by atoms with Gasteiger partial charge < -0.3 is 19.6 Å². The largest absolute Gasteiger partial charge is 0.367 e. The molecule has 1 amide bonds. The lowest BCUT2D eigenvalue weighted by atomic mass is 10.1. The van der Waals surface area contributed by atoms with Gasteiger partial charge in [-0.15, -0.1) is 0 Å². The van der Waals surface area contributed by atoms with Gasteiger partial charge in [0.25, 0.3) is 11.5 Å². The molecule has 5 rings (SSSR count). The molecule has 0 saturated carbocycles. The Balaban J connectivity index is 1.33. The highest BCUT2D eigenvalue weighted by Gasteiger charge is 2.40. The number of nitrogens with one attached hydrogen (secondary N) is 2. The molecule has 168 valence electrons. The summed E-state index contributed by atoms with van der Waals surface area (Å²) in [7, 11) is 1.62. The summed E-state index contributed by atoms with van der Waals surface area (Å²) in [6, 6.07) is 6.91. The number of nitrogens with zero attached hydrogens (tertiary/aromatic N) is 4. The fourth-order valence-corrected chi connectivity index (χ4v) is 5.30. The molecule has 5 heterocycles. The van der Waals surface area contributed by atoms with Gasteiger partial charge >= 0.3 is 0 Å². The van der Waals surface area contributed by atoms with E-state index in [2.05, 4.69) is 37.3 Å². The maximum Gasteiger partial charge on any atom is 0.269 e. The summed E-state index contributed by atoms with van der Waals surface area (Å²) in [5, 5.41) is 2.64. The second kappa shape index (κ2) is 8.09. The zero-order chi connectivity index (χ0) is 22.4. The summed E-state index contributed by atoms with van der Waals surface area (Å²) in [6.45, 7) is 6.79. The minimum absolute atomic E-state index is 0.00440. The van der Waals surface area contributed by atoms with Gasteiger partial charge in [0.05, 0.1) is 11.4 Å². The van der Waals surface area contributed by atoms with Crippen molar-refractivity contribution in [2.24, 2.45) is 0 Å². The van der Waals surface area contributed by atoms with Crippen LogP contribution in [0.5, 0.6) is 0 Å². The minimum Gasteiger partial charge on any atom is -0.367 e. The topological polar surface area (TPSA) is 85.7 Å². The second-order valence-electron chi connectivity index (χ2n) is 8.95. The quantitative estimate of drug-likeness (QED) is 0.642. The van der Waals surface area contributed by atoms with Crippen molar-refractivity contribution >= 4 is 17.2 Å². The van der Waals surface area contributed by atoms with Gasteiger partial charge in [-0.3, -0.25) is 14.5 Å². The Hall–Kier alpha value is -3.13. The van der Waals surface area contributed by atoms with Crippen LogP contribution in [-0.2, 0) is 13.0 Å². The number of rotatable bonds is 5. The predicted octanol–water partition coefficient (Wildman–Crippen LogP) is 2.11. The molecule has 2 fully saturated rings. The van der Waals surface area contributed by atoms with Crippen LogP contribution in [0.4, 0.5) is 5.69 Å². The number of hydrogen-bond donors (Lipinski definition) is 2. The smallest absolute Gasteiger partial charge is 0.269 e. The Labute approximate surface area is 187 Å². The van der Waals surface area contributed by atoms with Crippen molar-refractivity contribution in [2.45, 2.75) is 51.7 Å². The van der Waals surface area contributed by atoms with Crippen LogP contribution in [-0.4, -0.2) is 57.4 Å². The third-order valence-electron chi connectivity index (χ3n) is 6.97. The average molecular weight is 435 g/mol. The number of H-pyrrole nitrogens is 1. The Morgan fingerprint density at radius 3 is 2.62 bits per heavy atom. The van der Waals surface area contributed by atoms with Gasteiger partial charge in [-0.05, 0) is 49.9 Å². The van der Waals surface area contributed by atoms with E-state index in [4.69, 9.17) is 0 Å². The summed E-state index contributed by atoms with van der Waals surface area (Å²) in [5.41, 5.74) is 5.37. The number of piperazine rings is 1. The SMILES string of the molecule is CCc1cn2cc(CN3C4CCC3CN(c3ccc(C(=O)NC)nc3C)C4)cc2[nH]c1=O. The van der Waals surface area contributed by atoms with E-state index >= 15 is 0 Å². The van der Waals surface area contributed by atoms with E-state index in [1.54, 1.807) is 7.05 Å². The Morgan fingerprint density at radius 2 is 1.97 bits per heavy atom.